The summed E-state index contributed by atoms with van der Waals surface area (Å²) in [5.41, 5.74) is 0.263. The molecule has 0 aromatic heterocycles. The summed E-state index contributed by atoms with van der Waals surface area (Å²) in [6, 6.07) is 2.51. The topological polar surface area (TPSA) is 137 Å². The molecule has 10 heteroatoms. The zero-order valence-corrected chi connectivity index (χ0v) is 17.2. The molecule has 0 unspecified atom stereocenters. The predicted octanol–water partition coefficient (Wildman–Crippen LogP) is 1.27. The minimum atomic E-state index is -0.778. The van der Waals surface area contributed by atoms with E-state index in [1.807, 2.05) is 0 Å². The summed E-state index contributed by atoms with van der Waals surface area (Å²) in [6.07, 6.45) is 0.427. The lowest BCUT2D eigenvalue weighted by Gasteiger charge is -2.16. The fourth-order valence-electron chi connectivity index (χ4n) is 2.18. The molecule has 0 saturated heterocycles. The van der Waals surface area contributed by atoms with E-state index < -0.39 is 23.8 Å². The maximum Gasteiger partial charge on any atom is 0.308 e. The monoisotopic (exact) mass is 420 g/mol. The number of ether oxygens (including phenoxy) is 3. The van der Waals surface area contributed by atoms with Crippen molar-refractivity contribution >= 4 is 29.7 Å². The number of benzene rings is 1. The first-order chi connectivity index (χ1) is 14.0. The number of hydrogen-bond donors (Lipinski definition) is 2. The predicted molar refractivity (Wildman–Crippen MR) is 105 cm³/mol. The molecule has 0 aliphatic heterocycles. The average Bonchev–Trinajstić information content (AvgIpc) is 2.62. The zero-order valence-electron chi connectivity index (χ0n) is 17.2. The summed E-state index contributed by atoms with van der Waals surface area (Å²) < 4.78 is 15.1. The second-order valence-corrected chi connectivity index (χ2v) is 6.20. The van der Waals surface area contributed by atoms with Crippen molar-refractivity contribution in [3.8, 4) is 17.2 Å². The molecular weight excluding hydrogens is 396 g/mol. The third-order valence-electron chi connectivity index (χ3n) is 3.38. The van der Waals surface area contributed by atoms with E-state index in [4.69, 9.17) is 14.2 Å². The fourth-order valence-corrected chi connectivity index (χ4v) is 2.18. The number of nitrogens with one attached hydrogen (secondary N) is 2. The molecule has 0 bridgehead atoms. The van der Waals surface area contributed by atoms with Gasteiger partial charge in [0.1, 0.15) is 0 Å². The van der Waals surface area contributed by atoms with Crippen molar-refractivity contribution in [2.45, 2.75) is 34.1 Å². The fraction of sp³-hybridized carbons (Fsp3) is 0.350. The van der Waals surface area contributed by atoms with Gasteiger partial charge in [0.05, 0.1) is 5.56 Å². The van der Waals surface area contributed by atoms with Crippen molar-refractivity contribution in [2.75, 3.05) is 13.1 Å². The van der Waals surface area contributed by atoms with Gasteiger partial charge in [0.25, 0.3) is 5.91 Å². The standard InChI is InChI=1S/C20H24N2O8/c1-11(2)19(26)21-9-6-10-22-20(27)15-7-8-16(28-12(3)23)18(30-14(5)25)17(15)29-13(4)24/h7-8H,1,6,9-10H2,2-5H3,(H,21,26)(H,22,27). The summed E-state index contributed by atoms with van der Waals surface area (Å²) in [7, 11) is 0. The van der Waals surface area contributed by atoms with Crippen LogP contribution in [0, 0.1) is 0 Å². The Balaban J connectivity index is 3.05. The molecule has 0 radical (unpaired) electrons. The van der Waals surface area contributed by atoms with Crippen molar-refractivity contribution in [1.29, 1.82) is 0 Å². The first-order valence-corrected chi connectivity index (χ1v) is 8.97. The second kappa shape index (κ2) is 11.3. The van der Waals surface area contributed by atoms with Gasteiger partial charge in [-0.1, -0.05) is 6.58 Å². The van der Waals surface area contributed by atoms with Gasteiger partial charge in [-0.05, 0) is 25.5 Å². The van der Waals surface area contributed by atoms with Gasteiger partial charge in [0.2, 0.25) is 11.7 Å². The summed E-state index contributed by atoms with van der Waals surface area (Å²) in [5, 5.41) is 5.23. The molecule has 0 heterocycles. The van der Waals surface area contributed by atoms with E-state index in [2.05, 4.69) is 17.2 Å². The van der Waals surface area contributed by atoms with E-state index >= 15 is 0 Å². The molecule has 30 heavy (non-hydrogen) atoms. The maximum absolute atomic E-state index is 12.6. The van der Waals surface area contributed by atoms with Crippen molar-refractivity contribution < 1.29 is 38.2 Å². The Labute approximate surface area is 173 Å². The number of esters is 3. The molecule has 0 saturated carbocycles. The van der Waals surface area contributed by atoms with Gasteiger partial charge >= 0.3 is 17.9 Å². The van der Waals surface area contributed by atoms with Crippen LogP contribution in [0.3, 0.4) is 0 Å². The first kappa shape index (κ1) is 24.3. The van der Waals surface area contributed by atoms with Crippen LogP contribution in [0.25, 0.3) is 0 Å². The number of carbonyl (C=O) groups excluding carboxylic acids is 5. The van der Waals surface area contributed by atoms with Crippen molar-refractivity contribution in [3.63, 3.8) is 0 Å². The van der Waals surface area contributed by atoms with Crippen LogP contribution in [0.5, 0.6) is 17.2 Å². The number of amides is 2. The van der Waals surface area contributed by atoms with E-state index in [0.29, 0.717) is 18.5 Å². The molecule has 10 nitrogen and oxygen atoms in total. The molecule has 0 aliphatic carbocycles. The lowest BCUT2D eigenvalue weighted by atomic mass is 10.1. The molecule has 1 aromatic carbocycles. The largest absolute Gasteiger partial charge is 0.423 e. The molecule has 0 atom stereocenters. The lowest BCUT2D eigenvalue weighted by Crippen LogP contribution is -2.30. The zero-order chi connectivity index (χ0) is 22.8. The molecule has 0 aliphatic rings. The highest BCUT2D eigenvalue weighted by atomic mass is 16.6. The van der Waals surface area contributed by atoms with Crippen LogP contribution in [-0.4, -0.2) is 42.8 Å². The highest BCUT2D eigenvalue weighted by molar-refractivity contribution is 5.99. The molecule has 0 fully saturated rings. The van der Waals surface area contributed by atoms with E-state index in [1.54, 1.807) is 6.92 Å². The Hall–Kier alpha value is -3.69. The second-order valence-electron chi connectivity index (χ2n) is 6.20. The van der Waals surface area contributed by atoms with Crippen LogP contribution >= 0.6 is 0 Å². The van der Waals surface area contributed by atoms with E-state index in [-0.39, 0.29) is 35.3 Å². The maximum atomic E-state index is 12.6. The van der Waals surface area contributed by atoms with Gasteiger partial charge < -0.3 is 24.8 Å². The Morgan fingerprint density at radius 2 is 1.33 bits per heavy atom. The Bertz CT molecular complexity index is 876. The van der Waals surface area contributed by atoms with E-state index in [1.165, 1.54) is 12.1 Å². The van der Waals surface area contributed by atoms with E-state index in [9.17, 15) is 24.0 Å². The average molecular weight is 420 g/mol. The smallest absolute Gasteiger partial charge is 0.308 e. The van der Waals surface area contributed by atoms with Gasteiger partial charge in [-0.2, -0.15) is 0 Å². The summed E-state index contributed by atoms with van der Waals surface area (Å²) in [5.74, 6) is -4.08. The van der Waals surface area contributed by atoms with E-state index in [0.717, 1.165) is 20.8 Å². The molecule has 1 rings (SSSR count). The van der Waals surface area contributed by atoms with Crippen LogP contribution in [0.1, 0.15) is 44.5 Å². The molecule has 162 valence electrons. The van der Waals surface area contributed by atoms with Crippen LogP contribution in [0.4, 0.5) is 0 Å². The van der Waals surface area contributed by atoms with Crippen LogP contribution in [0.2, 0.25) is 0 Å². The van der Waals surface area contributed by atoms with Gasteiger partial charge in [-0.15, -0.1) is 0 Å². The third kappa shape index (κ3) is 7.74. The Kier molecular flexibility index (Phi) is 9.21. The molecular formula is C20H24N2O8. The highest BCUT2D eigenvalue weighted by Gasteiger charge is 2.25. The van der Waals surface area contributed by atoms with Crippen LogP contribution < -0.4 is 24.8 Å². The molecule has 2 N–H and O–H groups in total. The molecule has 0 spiro atoms. The Morgan fingerprint density at radius 1 is 0.800 bits per heavy atom. The van der Waals surface area contributed by atoms with Crippen molar-refractivity contribution in [2.24, 2.45) is 0 Å². The lowest BCUT2D eigenvalue weighted by molar-refractivity contribution is -0.135. The van der Waals surface area contributed by atoms with Gasteiger partial charge in [0.15, 0.2) is 11.5 Å². The van der Waals surface area contributed by atoms with Gasteiger partial charge in [-0.3, -0.25) is 24.0 Å². The summed E-state index contributed by atoms with van der Waals surface area (Å²) >= 11 is 0. The SMILES string of the molecule is C=C(C)C(=O)NCCCNC(=O)c1ccc(OC(C)=O)c(OC(C)=O)c1OC(C)=O. The number of hydrogen-bond acceptors (Lipinski definition) is 8. The molecule has 1 aromatic rings. The summed E-state index contributed by atoms with van der Waals surface area (Å²) in [4.78, 5) is 58.3. The summed E-state index contributed by atoms with van der Waals surface area (Å²) in [6.45, 7) is 8.94. The number of rotatable bonds is 9. The third-order valence-corrected chi connectivity index (χ3v) is 3.38. The van der Waals surface area contributed by atoms with Crippen molar-refractivity contribution in [3.05, 3.63) is 29.8 Å². The van der Waals surface area contributed by atoms with Crippen LogP contribution in [-0.2, 0) is 19.2 Å². The number of carbonyl (C=O) groups is 5. The Morgan fingerprint density at radius 3 is 1.87 bits per heavy atom. The minimum Gasteiger partial charge on any atom is -0.423 e. The normalized spacial score (nSPS) is 9.87. The van der Waals surface area contributed by atoms with Crippen LogP contribution in [0.15, 0.2) is 24.3 Å². The molecule has 2 amide bonds. The van der Waals surface area contributed by atoms with Crippen molar-refractivity contribution in [1.82, 2.24) is 10.6 Å². The minimum absolute atomic E-state index is 0.108. The van der Waals surface area contributed by atoms with Gasteiger partial charge in [0, 0.05) is 39.4 Å². The highest BCUT2D eigenvalue weighted by Crippen LogP contribution is 2.40. The quantitative estimate of drug-likeness (QED) is 0.264. The first-order valence-electron chi connectivity index (χ1n) is 8.97. The van der Waals surface area contributed by atoms with Gasteiger partial charge in [-0.25, -0.2) is 0 Å².